The van der Waals surface area contributed by atoms with E-state index in [9.17, 15) is 9.59 Å². The summed E-state index contributed by atoms with van der Waals surface area (Å²) < 4.78 is 0. The minimum Gasteiger partial charge on any atom is -0.326 e. The van der Waals surface area contributed by atoms with Crippen LogP contribution in [0, 0.1) is 5.92 Å². The van der Waals surface area contributed by atoms with E-state index < -0.39 is 0 Å². The van der Waals surface area contributed by atoms with Crippen molar-refractivity contribution in [3.05, 3.63) is 71.8 Å². The lowest BCUT2D eigenvalue weighted by Gasteiger charge is -2.30. The summed E-state index contributed by atoms with van der Waals surface area (Å²) in [5, 5.41) is 5.30. The molecule has 0 atom stereocenters. The summed E-state index contributed by atoms with van der Waals surface area (Å²) in [7, 11) is 0. The molecule has 4 heteroatoms. The Morgan fingerprint density at radius 2 is 1.83 bits per heavy atom. The van der Waals surface area contributed by atoms with Gasteiger partial charge in [-0.3, -0.25) is 9.59 Å². The van der Waals surface area contributed by atoms with E-state index in [1.807, 2.05) is 47.4 Å². The first-order valence-corrected chi connectivity index (χ1v) is 10.4. The van der Waals surface area contributed by atoms with Gasteiger partial charge in [0.2, 0.25) is 11.8 Å². The molecule has 1 aliphatic heterocycles. The van der Waals surface area contributed by atoms with Crippen molar-refractivity contribution < 1.29 is 9.59 Å². The van der Waals surface area contributed by atoms with Gasteiger partial charge in [-0.2, -0.15) is 0 Å². The maximum atomic E-state index is 12.7. The molecule has 29 heavy (non-hydrogen) atoms. The predicted octanol–water partition coefficient (Wildman–Crippen LogP) is 4.71. The number of carbonyl (C=O) groups excluding carboxylic acids is 2. The first-order valence-electron chi connectivity index (χ1n) is 10.4. The molecule has 3 aromatic carbocycles. The van der Waals surface area contributed by atoms with E-state index in [0.29, 0.717) is 6.42 Å². The van der Waals surface area contributed by atoms with Crippen molar-refractivity contribution in [3.63, 3.8) is 0 Å². The van der Waals surface area contributed by atoms with Crippen molar-refractivity contribution in [1.82, 2.24) is 0 Å². The van der Waals surface area contributed by atoms with Crippen LogP contribution in [0.25, 0.3) is 10.8 Å². The second-order valence-corrected chi connectivity index (χ2v) is 8.07. The highest BCUT2D eigenvalue weighted by Gasteiger charge is 2.35. The molecule has 2 aliphatic rings. The largest absolute Gasteiger partial charge is 0.326 e. The highest BCUT2D eigenvalue weighted by molar-refractivity contribution is 5.99. The molecule has 2 amide bonds. The van der Waals surface area contributed by atoms with Crippen molar-refractivity contribution >= 4 is 34.0 Å². The number of hydrogen-bond acceptors (Lipinski definition) is 2. The summed E-state index contributed by atoms with van der Waals surface area (Å²) in [6.07, 6.45) is 4.29. The zero-order valence-corrected chi connectivity index (χ0v) is 16.4. The van der Waals surface area contributed by atoms with Crippen LogP contribution >= 0.6 is 0 Å². The second-order valence-electron chi connectivity index (χ2n) is 8.07. The minimum atomic E-state index is -0.0250. The van der Waals surface area contributed by atoms with Crippen LogP contribution in [-0.4, -0.2) is 18.4 Å². The van der Waals surface area contributed by atoms with Crippen LogP contribution in [0.3, 0.4) is 0 Å². The first kappa shape index (κ1) is 17.9. The van der Waals surface area contributed by atoms with Gasteiger partial charge in [-0.1, -0.05) is 42.5 Å². The van der Waals surface area contributed by atoms with Crippen LogP contribution in [-0.2, 0) is 22.4 Å². The van der Waals surface area contributed by atoms with Crippen molar-refractivity contribution in [3.8, 4) is 0 Å². The molecule has 0 radical (unpaired) electrons. The molecule has 0 unspecified atom stereocenters. The maximum absolute atomic E-state index is 12.7. The van der Waals surface area contributed by atoms with E-state index in [4.69, 9.17) is 0 Å². The third-order valence-corrected chi connectivity index (χ3v) is 5.91. The quantitative estimate of drug-likeness (QED) is 0.708. The lowest BCUT2D eigenvalue weighted by Crippen LogP contribution is -2.36. The van der Waals surface area contributed by atoms with Gasteiger partial charge in [-0.25, -0.2) is 0 Å². The monoisotopic (exact) mass is 384 g/mol. The Morgan fingerprint density at radius 3 is 2.69 bits per heavy atom. The molecule has 0 saturated heterocycles. The number of aryl methyl sites for hydroxylation is 1. The van der Waals surface area contributed by atoms with Crippen LogP contribution in [0.2, 0.25) is 0 Å². The average molecular weight is 384 g/mol. The van der Waals surface area contributed by atoms with Gasteiger partial charge in [0.25, 0.3) is 0 Å². The number of fused-ring (bicyclic) bond motifs is 2. The molecule has 0 spiro atoms. The Kier molecular flexibility index (Phi) is 4.55. The SMILES string of the molecule is O=C(Cc1cccc2ccccc12)Nc1ccc2c(c1)CCCN2C(=O)C1CC1. The summed E-state index contributed by atoms with van der Waals surface area (Å²) in [6.45, 7) is 0.801. The van der Waals surface area contributed by atoms with Crippen molar-refractivity contribution in [1.29, 1.82) is 0 Å². The van der Waals surface area contributed by atoms with Gasteiger partial charge in [0.05, 0.1) is 6.42 Å². The third kappa shape index (κ3) is 3.63. The number of anilines is 2. The maximum Gasteiger partial charge on any atom is 0.230 e. The number of rotatable bonds is 4. The Balaban J connectivity index is 1.33. The topological polar surface area (TPSA) is 49.4 Å². The average Bonchev–Trinajstić information content (AvgIpc) is 3.58. The first-order chi connectivity index (χ1) is 14.2. The Morgan fingerprint density at radius 1 is 1.00 bits per heavy atom. The number of nitrogens with zero attached hydrogens (tertiary/aromatic N) is 1. The highest BCUT2D eigenvalue weighted by Crippen LogP contribution is 2.36. The second kappa shape index (κ2) is 7.36. The van der Waals surface area contributed by atoms with E-state index >= 15 is 0 Å². The van der Waals surface area contributed by atoms with Crippen molar-refractivity contribution in [2.24, 2.45) is 5.92 Å². The van der Waals surface area contributed by atoms with Crippen molar-refractivity contribution in [2.75, 3.05) is 16.8 Å². The minimum absolute atomic E-state index is 0.0250. The molecule has 3 aromatic rings. The zero-order valence-electron chi connectivity index (χ0n) is 16.4. The van der Waals surface area contributed by atoms with Gasteiger partial charge in [-0.15, -0.1) is 0 Å². The number of benzene rings is 3. The summed E-state index contributed by atoms with van der Waals surface area (Å²) >= 11 is 0. The smallest absolute Gasteiger partial charge is 0.230 e. The standard InChI is InChI=1S/C25H24N2O2/c28-24(16-19-7-3-6-17-5-1-2-9-22(17)19)26-21-12-13-23-20(15-21)8-4-14-27(23)25(29)18-10-11-18/h1-3,5-7,9,12-13,15,18H,4,8,10-11,14,16H2,(H,26,28). The molecule has 0 bridgehead atoms. The molecular formula is C25H24N2O2. The highest BCUT2D eigenvalue weighted by atomic mass is 16.2. The summed E-state index contributed by atoms with van der Waals surface area (Å²) in [4.78, 5) is 27.2. The number of carbonyl (C=O) groups is 2. The molecule has 1 aliphatic carbocycles. The molecule has 146 valence electrons. The molecule has 5 rings (SSSR count). The summed E-state index contributed by atoms with van der Waals surface area (Å²) in [5.74, 6) is 0.461. The fourth-order valence-electron chi connectivity index (χ4n) is 4.28. The van der Waals surface area contributed by atoms with E-state index in [-0.39, 0.29) is 17.7 Å². The van der Waals surface area contributed by atoms with E-state index in [1.54, 1.807) is 0 Å². The van der Waals surface area contributed by atoms with Gasteiger partial charge in [0, 0.05) is 23.8 Å². The third-order valence-electron chi connectivity index (χ3n) is 5.91. The predicted molar refractivity (Wildman–Crippen MR) is 116 cm³/mol. The van der Waals surface area contributed by atoms with E-state index in [0.717, 1.165) is 65.5 Å². The lowest BCUT2D eigenvalue weighted by molar-refractivity contribution is -0.120. The number of hydrogen-bond donors (Lipinski definition) is 1. The fourth-order valence-corrected chi connectivity index (χ4v) is 4.28. The molecule has 1 saturated carbocycles. The Bertz CT molecular complexity index is 1100. The van der Waals surface area contributed by atoms with Crippen LogP contribution in [0.5, 0.6) is 0 Å². The van der Waals surface area contributed by atoms with Crippen LogP contribution < -0.4 is 10.2 Å². The summed E-state index contributed by atoms with van der Waals surface area (Å²) in [5.41, 5.74) is 3.99. The Hall–Kier alpha value is -3.14. The number of amides is 2. The fraction of sp³-hybridized carbons (Fsp3) is 0.280. The van der Waals surface area contributed by atoms with Gasteiger partial charge in [-0.05, 0) is 65.8 Å². The van der Waals surface area contributed by atoms with Gasteiger partial charge < -0.3 is 10.2 Å². The summed E-state index contributed by atoms with van der Waals surface area (Å²) in [6, 6.07) is 20.1. The van der Waals surface area contributed by atoms with Crippen LogP contribution in [0.15, 0.2) is 60.7 Å². The van der Waals surface area contributed by atoms with Gasteiger partial charge in [0.1, 0.15) is 0 Å². The molecule has 1 N–H and O–H groups in total. The Labute approximate surface area is 170 Å². The van der Waals surface area contributed by atoms with E-state index in [1.165, 1.54) is 0 Å². The van der Waals surface area contributed by atoms with E-state index in [2.05, 4.69) is 23.5 Å². The number of nitrogens with one attached hydrogen (secondary N) is 1. The molecule has 1 heterocycles. The molecule has 1 fully saturated rings. The lowest BCUT2D eigenvalue weighted by atomic mass is 10.00. The molecular weight excluding hydrogens is 360 g/mol. The zero-order chi connectivity index (χ0) is 19.8. The van der Waals surface area contributed by atoms with Crippen LogP contribution in [0.4, 0.5) is 11.4 Å². The van der Waals surface area contributed by atoms with Gasteiger partial charge in [0.15, 0.2) is 0 Å². The van der Waals surface area contributed by atoms with Crippen molar-refractivity contribution in [2.45, 2.75) is 32.1 Å². The van der Waals surface area contributed by atoms with Crippen LogP contribution in [0.1, 0.15) is 30.4 Å². The molecule has 0 aromatic heterocycles. The normalized spacial score (nSPS) is 15.8. The van der Waals surface area contributed by atoms with Gasteiger partial charge >= 0.3 is 0 Å². The molecule has 4 nitrogen and oxygen atoms in total.